The third-order valence-electron chi connectivity index (χ3n) is 4.45. The summed E-state index contributed by atoms with van der Waals surface area (Å²) in [5.41, 5.74) is 1.83. The van der Waals surface area contributed by atoms with Crippen LogP contribution in [0.5, 0.6) is 0 Å². The summed E-state index contributed by atoms with van der Waals surface area (Å²) >= 11 is 0. The molecule has 1 saturated heterocycles. The third-order valence-corrected chi connectivity index (χ3v) is 4.45. The van der Waals surface area contributed by atoms with E-state index in [4.69, 9.17) is 4.74 Å². The van der Waals surface area contributed by atoms with Gasteiger partial charge in [-0.15, -0.1) is 0 Å². The molecule has 1 aliphatic rings. The molecule has 0 aliphatic carbocycles. The average Bonchev–Trinajstić information content (AvgIpc) is 2.37. The highest BCUT2D eigenvalue weighted by atomic mass is 16.5. The molecule has 2 rings (SSSR count). The molecule has 0 radical (unpaired) electrons. The second-order valence-electron chi connectivity index (χ2n) is 7.60. The highest BCUT2D eigenvalue weighted by Crippen LogP contribution is 2.36. The predicted octanol–water partition coefficient (Wildman–Crippen LogP) is 0.470. The molecule has 0 bridgehead atoms. The molecule has 1 aromatic carbocycles. The zero-order valence-electron chi connectivity index (χ0n) is 14.1. The number of ether oxygens (including phenoxy) is 1. The maximum absolute atomic E-state index is 5.94. The van der Waals surface area contributed by atoms with Crippen LogP contribution in [0.4, 0.5) is 0 Å². The van der Waals surface area contributed by atoms with E-state index in [1.807, 2.05) is 0 Å². The lowest BCUT2D eigenvalue weighted by Crippen LogP contribution is -3.08. The van der Waals surface area contributed by atoms with Gasteiger partial charge in [-0.2, -0.15) is 0 Å². The van der Waals surface area contributed by atoms with Crippen molar-refractivity contribution >= 4 is 0 Å². The van der Waals surface area contributed by atoms with E-state index in [1.165, 1.54) is 25.1 Å². The summed E-state index contributed by atoms with van der Waals surface area (Å²) in [6, 6.07) is 10.8. The number of benzene rings is 1. The van der Waals surface area contributed by atoms with E-state index in [1.54, 1.807) is 4.90 Å². The minimum atomic E-state index is 0.0221. The molecule has 0 aromatic heterocycles. The highest BCUT2D eigenvalue weighted by molar-refractivity contribution is 5.13. The SMILES string of the molecule is C[NH+](C)C[C@@]1(C[NH2+]Cc2ccccc2)CCOC(C)(C)C1. The van der Waals surface area contributed by atoms with Crippen LogP contribution in [0.15, 0.2) is 30.3 Å². The van der Waals surface area contributed by atoms with Crippen molar-refractivity contribution in [3.63, 3.8) is 0 Å². The number of quaternary nitrogens is 2. The van der Waals surface area contributed by atoms with E-state index in [-0.39, 0.29) is 5.60 Å². The van der Waals surface area contributed by atoms with Crippen LogP contribution >= 0.6 is 0 Å². The topological polar surface area (TPSA) is 30.3 Å². The van der Waals surface area contributed by atoms with E-state index in [0.29, 0.717) is 5.41 Å². The molecule has 0 spiro atoms. The summed E-state index contributed by atoms with van der Waals surface area (Å²) in [6.07, 6.45) is 2.35. The van der Waals surface area contributed by atoms with E-state index in [2.05, 4.69) is 63.6 Å². The minimum absolute atomic E-state index is 0.0221. The van der Waals surface area contributed by atoms with Crippen LogP contribution < -0.4 is 10.2 Å². The zero-order chi connectivity index (χ0) is 15.3. The fourth-order valence-electron chi connectivity index (χ4n) is 3.89. The Labute approximate surface area is 129 Å². The molecule has 0 saturated carbocycles. The smallest absolute Gasteiger partial charge is 0.101 e. The molecule has 1 atom stereocenters. The summed E-state index contributed by atoms with van der Waals surface area (Å²) in [5.74, 6) is 0. The van der Waals surface area contributed by atoms with Gasteiger partial charge in [0.2, 0.25) is 0 Å². The van der Waals surface area contributed by atoms with Gasteiger partial charge >= 0.3 is 0 Å². The quantitative estimate of drug-likeness (QED) is 0.784. The Balaban J connectivity index is 1.96. The molecule has 118 valence electrons. The Morgan fingerprint density at radius 1 is 1.19 bits per heavy atom. The molecule has 0 unspecified atom stereocenters. The standard InChI is InChI=1S/C18H30N2O/c1-17(2)13-18(10-11-21-17,15-20(3)4)14-19-12-16-8-6-5-7-9-16/h5-9,19H,10-15H2,1-4H3/p+2/t18-/m0/s1. The molecule has 0 amide bonds. The first kappa shape index (κ1) is 16.5. The number of rotatable bonds is 6. The monoisotopic (exact) mass is 292 g/mol. The molecule has 1 aliphatic heterocycles. The highest BCUT2D eigenvalue weighted by Gasteiger charge is 2.44. The van der Waals surface area contributed by atoms with Gasteiger partial charge in [-0.1, -0.05) is 30.3 Å². The van der Waals surface area contributed by atoms with Gasteiger partial charge in [-0.25, -0.2) is 0 Å². The second kappa shape index (κ2) is 6.91. The van der Waals surface area contributed by atoms with E-state index >= 15 is 0 Å². The van der Waals surface area contributed by atoms with Crippen molar-refractivity contribution in [2.75, 3.05) is 33.8 Å². The number of hydrogen-bond donors (Lipinski definition) is 2. The van der Waals surface area contributed by atoms with Crippen molar-refractivity contribution in [3.8, 4) is 0 Å². The van der Waals surface area contributed by atoms with Crippen molar-refractivity contribution in [2.24, 2.45) is 5.41 Å². The summed E-state index contributed by atoms with van der Waals surface area (Å²) < 4.78 is 5.94. The summed E-state index contributed by atoms with van der Waals surface area (Å²) in [5, 5.41) is 2.49. The van der Waals surface area contributed by atoms with Crippen molar-refractivity contribution in [1.29, 1.82) is 0 Å². The zero-order valence-corrected chi connectivity index (χ0v) is 14.1. The van der Waals surface area contributed by atoms with Gasteiger partial charge in [0, 0.05) is 12.2 Å². The normalized spacial score (nSPS) is 25.2. The lowest BCUT2D eigenvalue weighted by molar-refractivity contribution is -0.870. The van der Waals surface area contributed by atoms with Crippen LogP contribution in [0.25, 0.3) is 0 Å². The third kappa shape index (κ3) is 5.10. The van der Waals surface area contributed by atoms with Crippen molar-refractivity contribution in [3.05, 3.63) is 35.9 Å². The molecule has 3 heteroatoms. The Morgan fingerprint density at radius 2 is 1.90 bits per heavy atom. The lowest BCUT2D eigenvalue weighted by Gasteiger charge is -2.43. The van der Waals surface area contributed by atoms with Gasteiger partial charge in [-0.05, 0) is 26.7 Å². The van der Waals surface area contributed by atoms with Crippen LogP contribution in [0, 0.1) is 5.41 Å². The van der Waals surface area contributed by atoms with Gasteiger partial charge < -0.3 is 15.0 Å². The summed E-state index contributed by atoms with van der Waals surface area (Å²) in [7, 11) is 4.53. The van der Waals surface area contributed by atoms with Crippen LogP contribution in [-0.4, -0.2) is 39.4 Å². The first-order chi connectivity index (χ1) is 9.91. The first-order valence-electron chi connectivity index (χ1n) is 8.19. The fourth-order valence-corrected chi connectivity index (χ4v) is 3.89. The number of hydrogen-bond acceptors (Lipinski definition) is 1. The van der Waals surface area contributed by atoms with Gasteiger partial charge in [0.05, 0.1) is 38.2 Å². The van der Waals surface area contributed by atoms with Crippen molar-refractivity contribution in [1.82, 2.24) is 0 Å². The van der Waals surface area contributed by atoms with Crippen LogP contribution in [0.2, 0.25) is 0 Å². The van der Waals surface area contributed by atoms with Gasteiger partial charge in [0.15, 0.2) is 0 Å². The van der Waals surface area contributed by atoms with Crippen LogP contribution in [-0.2, 0) is 11.3 Å². The molecule has 1 aromatic rings. The van der Waals surface area contributed by atoms with Crippen LogP contribution in [0.1, 0.15) is 32.3 Å². The largest absolute Gasteiger partial charge is 0.376 e. The molecule has 1 fully saturated rings. The molecule has 21 heavy (non-hydrogen) atoms. The predicted molar refractivity (Wildman–Crippen MR) is 86.3 cm³/mol. The molecule has 1 heterocycles. The first-order valence-corrected chi connectivity index (χ1v) is 8.19. The van der Waals surface area contributed by atoms with E-state index in [0.717, 1.165) is 19.6 Å². The van der Waals surface area contributed by atoms with Gasteiger partial charge in [-0.3, -0.25) is 0 Å². The lowest BCUT2D eigenvalue weighted by atomic mass is 9.73. The molecule has 3 nitrogen and oxygen atoms in total. The molecular weight excluding hydrogens is 260 g/mol. The summed E-state index contributed by atoms with van der Waals surface area (Å²) in [4.78, 5) is 1.54. The van der Waals surface area contributed by atoms with Crippen molar-refractivity contribution < 1.29 is 15.0 Å². The number of nitrogens with two attached hydrogens (primary N) is 1. The molecular formula is C18H32N2O+2. The summed E-state index contributed by atoms with van der Waals surface area (Å²) in [6.45, 7) is 8.88. The molecule has 3 N–H and O–H groups in total. The van der Waals surface area contributed by atoms with E-state index < -0.39 is 0 Å². The maximum Gasteiger partial charge on any atom is 0.101 e. The van der Waals surface area contributed by atoms with Gasteiger partial charge in [0.25, 0.3) is 0 Å². The Hall–Kier alpha value is -0.900. The fraction of sp³-hybridized carbons (Fsp3) is 0.667. The maximum atomic E-state index is 5.94. The van der Waals surface area contributed by atoms with Crippen LogP contribution in [0.3, 0.4) is 0 Å². The average molecular weight is 292 g/mol. The van der Waals surface area contributed by atoms with Gasteiger partial charge in [0.1, 0.15) is 6.54 Å². The minimum Gasteiger partial charge on any atom is -0.376 e. The van der Waals surface area contributed by atoms with Crippen molar-refractivity contribution in [2.45, 2.75) is 38.8 Å². The van der Waals surface area contributed by atoms with E-state index in [9.17, 15) is 0 Å². The Kier molecular flexibility index (Phi) is 5.42. The Bertz CT molecular complexity index is 430. The second-order valence-corrected chi connectivity index (χ2v) is 7.60. The Morgan fingerprint density at radius 3 is 2.52 bits per heavy atom. The number of nitrogens with one attached hydrogen (secondary N) is 1.